The molecule has 1 fully saturated rings. The number of para-hydroxylation sites is 1. The van der Waals surface area contributed by atoms with Crippen LogP contribution >= 0.6 is 0 Å². The summed E-state index contributed by atoms with van der Waals surface area (Å²) in [5.74, 6) is 0.664. The highest BCUT2D eigenvalue weighted by Gasteiger charge is 2.31. The molecule has 2 heterocycles. The Labute approximate surface area is 114 Å². The van der Waals surface area contributed by atoms with Crippen molar-refractivity contribution in [3.63, 3.8) is 0 Å². The molecule has 0 saturated carbocycles. The Morgan fingerprint density at radius 1 is 1.37 bits per heavy atom. The number of nitrogens with zero attached hydrogens (tertiary/aromatic N) is 2. The van der Waals surface area contributed by atoms with Crippen molar-refractivity contribution in [3.05, 3.63) is 36.0 Å². The summed E-state index contributed by atoms with van der Waals surface area (Å²) in [6.07, 6.45) is 1.22. The zero-order valence-electron chi connectivity index (χ0n) is 11.6. The first kappa shape index (κ1) is 12.4. The van der Waals surface area contributed by atoms with E-state index < -0.39 is 0 Å². The van der Waals surface area contributed by atoms with Crippen LogP contribution in [0.15, 0.2) is 30.3 Å². The Balaban J connectivity index is 2.14. The molecule has 0 aliphatic carbocycles. The van der Waals surface area contributed by atoms with Crippen LogP contribution in [0.3, 0.4) is 0 Å². The molecule has 2 atom stereocenters. The van der Waals surface area contributed by atoms with Gasteiger partial charge in [0.1, 0.15) is 0 Å². The van der Waals surface area contributed by atoms with Crippen molar-refractivity contribution >= 4 is 16.6 Å². The average Bonchev–Trinajstić information content (AvgIpc) is 2.78. The fraction of sp³-hybridized carbons (Fsp3) is 0.438. The third-order valence-electron chi connectivity index (χ3n) is 4.26. The highest BCUT2D eigenvalue weighted by atomic mass is 15.2. The Kier molecular flexibility index (Phi) is 3.15. The molecule has 0 spiro atoms. The highest BCUT2D eigenvalue weighted by molar-refractivity contribution is 5.92. The molecule has 19 heavy (non-hydrogen) atoms. The van der Waals surface area contributed by atoms with Gasteiger partial charge in [-0.05, 0) is 31.4 Å². The van der Waals surface area contributed by atoms with Gasteiger partial charge in [0.15, 0.2) is 0 Å². The molecular formula is C16H21N3. The van der Waals surface area contributed by atoms with Crippen LogP contribution in [0.5, 0.6) is 0 Å². The molecule has 1 aliphatic rings. The van der Waals surface area contributed by atoms with Crippen molar-refractivity contribution in [1.29, 1.82) is 0 Å². The minimum Gasteiger partial charge on any atom is -0.366 e. The molecule has 0 bridgehead atoms. The number of rotatable bonds is 2. The van der Waals surface area contributed by atoms with Crippen molar-refractivity contribution in [2.75, 3.05) is 18.0 Å². The van der Waals surface area contributed by atoms with Gasteiger partial charge in [0, 0.05) is 35.9 Å². The molecule has 2 unspecified atom stereocenters. The number of aryl methyl sites for hydroxylation is 1. The maximum Gasteiger partial charge on any atom is 0.0726 e. The first-order valence-electron chi connectivity index (χ1n) is 7.04. The Bertz CT molecular complexity index is 594. The van der Waals surface area contributed by atoms with Crippen LogP contribution in [0, 0.1) is 12.8 Å². The van der Waals surface area contributed by atoms with Crippen LogP contribution in [0.1, 0.15) is 19.0 Å². The molecule has 1 saturated heterocycles. The van der Waals surface area contributed by atoms with E-state index in [4.69, 9.17) is 5.73 Å². The normalized spacial score (nSPS) is 23.2. The molecule has 3 heteroatoms. The smallest absolute Gasteiger partial charge is 0.0726 e. The first-order chi connectivity index (χ1) is 9.20. The number of fused-ring (bicyclic) bond motifs is 1. The molecule has 3 nitrogen and oxygen atoms in total. The summed E-state index contributed by atoms with van der Waals surface area (Å²) < 4.78 is 0. The summed E-state index contributed by atoms with van der Waals surface area (Å²) in [4.78, 5) is 7.09. The molecule has 0 radical (unpaired) electrons. The summed E-state index contributed by atoms with van der Waals surface area (Å²) >= 11 is 0. The van der Waals surface area contributed by atoms with Crippen LogP contribution in [-0.4, -0.2) is 24.1 Å². The summed E-state index contributed by atoms with van der Waals surface area (Å²) in [6.45, 7) is 6.17. The summed E-state index contributed by atoms with van der Waals surface area (Å²) in [6, 6.07) is 11.0. The second-order valence-corrected chi connectivity index (χ2v) is 5.56. The zero-order chi connectivity index (χ0) is 13.4. The number of nitrogens with two attached hydrogens (primary N) is 1. The zero-order valence-corrected chi connectivity index (χ0v) is 11.6. The number of hydrogen-bond donors (Lipinski definition) is 1. The lowest BCUT2D eigenvalue weighted by molar-refractivity contribution is 0.519. The van der Waals surface area contributed by atoms with E-state index >= 15 is 0 Å². The maximum absolute atomic E-state index is 5.98. The molecule has 0 amide bonds. The molecule has 2 aromatic rings. The van der Waals surface area contributed by atoms with E-state index in [9.17, 15) is 0 Å². The number of hydrogen-bond acceptors (Lipinski definition) is 3. The lowest BCUT2D eigenvalue weighted by atomic mass is 10.0. The van der Waals surface area contributed by atoms with E-state index in [-0.39, 0.29) is 0 Å². The van der Waals surface area contributed by atoms with Gasteiger partial charge >= 0.3 is 0 Å². The van der Waals surface area contributed by atoms with E-state index in [1.165, 1.54) is 17.5 Å². The van der Waals surface area contributed by atoms with E-state index in [0.29, 0.717) is 12.0 Å². The molecule has 100 valence electrons. The van der Waals surface area contributed by atoms with Crippen molar-refractivity contribution < 1.29 is 0 Å². The van der Waals surface area contributed by atoms with Crippen LogP contribution in [0.2, 0.25) is 0 Å². The van der Waals surface area contributed by atoms with Gasteiger partial charge in [-0.3, -0.25) is 4.98 Å². The number of aromatic nitrogens is 1. The van der Waals surface area contributed by atoms with Gasteiger partial charge in [-0.15, -0.1) is 0 Å². The van der Waals surface area contributed by atoms with E-state index in [2.05, 4.69) is 48.0 Å². The van der Waals surface area contributed by atoms with Crippen LogP contribution in [0.25, 0.3) is 10.9 Å². The first-order valence-corrected chi connectivity index (χ1v) is 7.04. The second kappa shape index (κ2) is 4.82. The van der Waals surface area contributed by atoms with Gasteiger partial charge in [0.2, 0.25) is 0 Å². The molecule has 3 rings (SSSR count). The number of pyridine rings is 1. The fourth-order valence-electron chi connectivity index (χ4n) is 3.19. The van der Waals surface area contributed by atoms with Gasteiger partial charge in [0.05, 0.1) is 5.52 Å². The van der Waals surface area contributed by atoms with E-state index in [0.717, 1.165) is 24.3 Å². The van der Waals surface area contributed by atoms with Gasteiger partial charge in [-0.1, -0.05) is 25.1 Å². The minimum absolute atomic E-state index is 0.449. The highest BCUT2D eigenvalue weighted by Crippen LogP contribution is 2.34. The lowest BCUT2D eigenvalue weighted by Crippen LogP contribution is -2.38. The second-order valence-electron chi connectivity index (χ2n) is 5.56. The minimum atomic E-state index is 0.449. The molecule has 1 aromatic carbocycles. The van der Waals surface area contributed by atoms with Crippen molar-refractivity contribution in [1.82, 2.24) is 4.98 Å². The van der Waals surface area contributed by atoms with Gasteiger partial charge in [-0.2, -0.15) is 0 Å². The van der Waals surface area contributed by atoms with Gasteiger partial charge in [0.25, 0.3) is 0 Å². The molecular weight excluding hydrogens is 234 g/mol. The van der Waals surface area contributed by atoms with Crippen molar-refractivity contribution in [3.8, 4) is 0 Å². The molecule has 2 N–H and O–H groups in total. The van der Waals surface area contributed by atoms with Crippen LogP contribution in [-0.2, 0) is 0 Å². The van der Waals surface area contributed by atoms with E-state index in [1.54, 1.807) is 0 Å². The fourth-order valence-corrected chi connectivity index (χ4v) is 3.19. The average molecular weight is 255 g/mol. The standard InChI is InChI=1S/C16H21N3/c1-11-7-8-19(16(11)10-17)15-9-12(2)18-14-6-4-3-5-13(14)15/h3-6,9,11,16H,7-8,10,17H2,1-2H3. The maximum atomic E-state index is 5.98. The monoisotopic (exact) mass is 255 g/mol. The largest absolute Gasteiger partial charge is 0.366 e. The Hall–Kier alpha value is -1.61. The SMILES string of the molecule is Cc1cc(N2CCC(C)C2CN)c2ccccc2n1. The molecule has 1 aromatic heterocycles. The number of benzene rings is 1. The summed E-state index contributed by atoms with van der Waals surface area (Å²) in [7, 11) is 0. The van der Waals surface area contributed by atoms with Crippen molar-refractivity contribution in [2.24, 2.45) is 11.7 Å². The predicted octanol–water partition coefficient (Wildman–Crippen LogP) is 2.72. The third-order valence-corrected chi connectivity index (χ3v) is 4.26. The van der Waals surface area contributed by atoms with E-state index in [1.807, 2.05) is 6.07 Å². The van der Waals surface area contributed by atoms with Crippen LogP contribution in [0.4, 0.5) is 5.69 Å². The topological polar surface area (TPSA) is 42.1 Å². The Morgan fingerprint density at radius 2 is 2.16 bits per heavy atom. The summed E-state index contributed by atoms with van der Waals surface area (Å²) in [5.41, 5.74) is 9.42. The summed E-state index contributed by atoms with van der Waals surface area (Å²) in [5, 5.41) is 1.24. The Morgan fingerprint density at radius 3 is 2.95 bits per heavy atom. The van der Waals surface area contributed by atoms with Gasteiger partial charge < -0.3 is 10.6 Å². The quantitative estimate of drug-likeness (QED) is 0.897. The van der Waals surface area contributed by atoms with Crippen molar-refractivity contribution in [2.45, 2.75) is 26.3 Å². The lowest BCUT2D eigenvalue weighted by Gasteiger charge is -2.29. The molecule has 1 aliphatic heterocycles. The van der Waals surface area contributed by atoms with Gasteiger partial charge in [-0.25, -0.2) is 0 Å². The predicted molar refractivity (Wildman–Crippen MR) is 80.4 cm³/mol. The number of anilines is 1. The van der Waals surface area contributed by atoms with Crippen LogP contribution < -0.4 is 10.6 Å². The third kappa shape index (κ3) is 2.08.